The van der Waals surface area contributed by atoms with Crippen LogP contribution in [0.1, 0.15) is 12.7 Å². The number of methoxy groups -OCH3 is 1. The van der Waals surface area contributed by atoms with Gasteiger partial charge in [-0.1, -0.05) is 6.92 Å². The molecule has 0 bridgehead atoms. The SMILES string of the molecule is COCC(C)Cn1c(CCCl)nc2cnccc21. The van der Waals surface area contributed by atoms with E-state index in [9.17, 15) is 0 Å². The number of hydrogen-bond donors (Lipinski definition) is 0. The molecule has 0 aliphatic carbocycles. The summed E-state index contributed by atoms with van der Waals surface area (Å²) >= 11 is 5.84. The molecule has 0 aliphatic heterocycles. The van der Waals surface area contributed by atoms with E-state index in [1.165, 1.54) is 0 Å². The highest BCUT2D eigenvalue weighted by Crippen LogP contribution is 2.17. The summed E-state index contributed by atoms with van der Waals surface area (Å²) in [7, 11) is 1.73. The molecule has 0 aliphatic rings. The van der Waals surface area contributed by atoms with Crippen molar-refractivity contribution in [1.82, 2.24) is 14.5 Å². The molecule has 0 spiro atoms. The molecule has 2 heterocycles. The minimum absolute atomic E-state index is 0.439. The maximum Gasteiger partial charge on any atom is 0.111 e. The summed E-state index contributed by atoms with van der Waals surface area (Å²) in [6.07, 6.45) is 4.37. The zero-order chi connectivity index (χ0) is 13.0. The van der Waals surface area contributed by atoms with E-state index in [2.05, 4.69) is 21.5 Å². The molecular weight excluding hydrogens is 250 g/mol. The number of aromatic nitrogens is 3. The van der Waals surface area contributed by atoms with Crippen LogP contribution in [0.2, 0.25) is 0 Å². The zero-order valence-electron chi connectivity index (χ0n) is 10.8. The maximum atomic E-state index is 5.84. The van der Waals surface area contributed by atoms with Crippen LogP contribution in [0, 0.1) is 5.92 Å². The first-order chi connectivity index (χ1) is 8.76. The van der Waals surface area contributed by atoms with Gasteiger partial charge in [0.2, 0.25) is 0 Å². The van der Waals surface area contributed by atoms with Crippen molar-refractivity contribution in [1.29, 1.82) is 0 Å². The molecular formula is C13H18ClN3O. The van der Waals surface area contributed by atoms with Gasteiger partial charge in [0, 0.05) is 32.2 Å². The standard InChI is InChI=1S/C13H18ClN3O/c1-10(9-18-2)8-17-12-4-6-15-7-11(12)16-13(17)3-5-14/h4,6-7,10H,3,5,8-9H2,1-2H3. The van der Waals surface area contributed by atoms with Gasteiger partial charge in [-0.2, -0.15) is 0 Å². The molecule has 0 N–H and O–H groups in total. The molecule has 0 amide bonds. The van der Waals surface area contributed by atoms with Gasteiger partial charge in [0.25, 0.3) is 0 Å². The lowest BCUT2D eigenvalue weighted by molar-refractivity contribution is 0.151. The zero-order valence-corrected chi connectivity index (χ0v) is 11.5. The Hall–Kier alpha value is -1.13. The Morgan fingerprint density at radius 1 is 1.50 bits per heavy atom. The minimum Gasteiger partial charge on any atom is -0.384 e. The van der Waals surface area contributed by atoms with Crippen LogP contribution in [0.15, 0.2) is 18.5 Å². The first kappa shape index (κ1) is 13.3. The van der Waals surface area contributed by atoms with Crippen LogP contribution in [-0.4, -0.2) is 34.1 Å². The van der Waals surface area contributed by atoms with Gasteiger partial charge in [-0.15, -0.1) is 11.6 Å². The van der Waals surface area contributed by atoms with Crippen LogP contribution in [-0.2, 0) is 17.7 Å². The van der Waals surface area contributed by atoms with E-state index >= 15 is 0 Å². The van der Waals surface area contributed by atoms with Gasteiger partial charge in [0.1, 0.15) is 11.3 Å². The summed E-state index contributed by atoms with van der Waals surface area (Å²) in [5.41, 5.74) is 2.05. The van der Waals surface area contributed by atoms with E-state index in [-0.39, 0.29) is 0 Å². The highest BCUT2D eigenvalue weighted by atomic mass is 35.5. The number of halogens is 1. The fourth-order valence-corrected chi connectivity index (χ4v) is 2.33. The topological polar surface area (TPSA) is 39.9 Å². The van der Waals surface area contributed by atoms with Crippen molar-refractivity contribution in [3.8, 4) is 0 Å². The summed E-state index contributed by atoms with van der Waals surface area (Å²) in [6, 6.07) is 2.00. The van der Waals surface area contributed by atoms with E-state index in [0.717, 1.165) is 36.4 Å². The number of nitrogens with zero attached hydrogens (tertiary/aromatic N) is 3. The summed E-state index contributed by atoms with van der Waals surface area (Å²) < 4.78 is 7.42. The lowest BCUT2D eigenvalue weighted by atomic mass is 10.2. The van der Waals surface area contributed by atoms with E-state index < -0.39 is 0 Å². The third kappa shape index (κ3) is 2.82. The van der Waals surface area contributed by atoms with Gasteiger partial charge in [-0.05, 0) is 12.0 Å². The second-order valence-corrected chi connectivity index (χ2v) is 4.88. The predicted molar refractivity (Wildman–Crippen MR) is 73.0 cm³/mol. The first-order valence-electron chi connectivity index (χ1n) is 6.10. The van der Waals surface area contributed by atoms with Gasteiger partial charge in [-0.25, -0.2) is 4.98 Å². The number of ether oxygens (including phenoxy) is 1. The predicted octanol–water partition coefficient (Wildman–Crippen LogP) is 2.50. The number of pyridine rings is 1. The van der Waals surface area contributed by atoms with Gasteiger partial charge >= 0.3 is 0 Å². The molecule has 18 heavy (non-hydrogen) atoms. The van der Waals surface area contributed by atoms with Crippen LogP contribution in [0.3, 0.4) is 0 Å². The quantitative estimate of drug-likeness (QED) is 0.755. The molecule has 2 rings (SSSR count). The molecule has 1 unspecified atom stereocenters. The molecule has 0 saturated carbocycles. The van der Waals surface area contributed by atoms with Gasteiger partial charge < -0.3 is 9.30 Å². The fourth-order valence-electron chi connectivity index (χ4n) is 2.16. The van der Waals surface area contributed by atoms with Crippen molar-refractivity contribution < 1.29 is 4.74 Å². The van der Waals surface area contributed by atoms with Gasteiger partial charge in [-0.3, -0.25) is 4.98 Å². The third-order valence-corrected chi connectivity index (χ3v) is 3.08. The van der Waals surface area contributed by atoms with Crippen molar-refractivity contribution in [3.63, 3.8) is 0 Å². The normalized spacial score (nSPS) is 13.1. The van der Waals surface area contributed by atoms with Crippen molar-refractivity contribution in [3.05, 3.63) is 24.3 Å². The molecule has 5 heteroatoms. The number of fused-ring (bicyclic) bond motifs is 1. The van der Waals surface area contributed by atoms with Crippen molar-refractivity contribution in [2.75, 3.05) is 19.6 Å². The minimum atomic E-state index is 0.439. The van der Waals surface area contributed by atoms with Crippen LogP contribution >= 0.6 is 11.6 Å². The Bertz CT molecular complexity index is 512. The highest BCUT2D eigenvalue weighted by molar-refractivity contribution is 6.17. The number of alkyl halides is 1. The molecule has 2 aromatic heterocycles. The molecule has 2 aromatic rings. The van der Waals surface area contributed by atoms with Crippen molar-refractivity contribution in [2.45, 2.75) is 19.9 Å². The van der Waals surface area contributed by atoms with Gasteiger partial charge in [0.15, 0.2) is 0 Å². The van der Waals surface area contributed by atoms with E-state index in [1.807, 2.05) is 6.07 Å². The molecule has 1 atom stereocenters. The molecule has 0 aromatic carbocycles. The molecule has 98 valence electrons. The van der Waals surface area contributed by atoms with Crippen molar-refractivity contribution in [2.24, 2.45) is 5.92 Å². The third-order valence-electron chi connectivity index (χ3n) is 2.89. The summed E-state index contributed by atoms with van der Waals surface area (Å²) in [5.74, 6) is 2.04. The maximum absolute atomic E-state index is 5.84. The first-order valence-corrected chi connectivity index (χ1v) is 6.63. The number of imidazole rings is 1. The van der Waals surface area contributed by atoms with Crippen LogP contribution < -0.4 is 0 Å². The largest absolute Gasteiger partial charge is 0.384 e. The van der Waals surface area contributed by atoms with E-state index in [0.29, 0.717) is 11.8 Å². The Labute approximate surface area is 112 Å². The van der Waals surface area contributed by atoms with Crippen LogP contribution in [0.25, 0.3) is 11.0 Å². The van der Waals surface area contributed by atoms with E-state index in [4.69, 9.17) is 16.3 Å². The summed E-state index contributed by atoms with van der Waals surface area (Å²) in [4.78, 5) is 8.70. The Kier molecular flexibility index (Phi) is 4.55. The second-order valence-electron chi connectivity index (χ2n) is 4.50. The fraction of sp³-hybridized carbons (Fsp3) is 0.538. The highest BCUT2D eigenvalue weighted by Gasteiger charge is 2.12. The molecule has 0 fully saturated rings. The molecule has 4 nitrogen and oxygen atoms in total. The summed E-state index contributed by atoms with van der Waals surface area (Å²) in [6.45, 7) is 3.80. The molecule has 0 saturated heterocycles. The smallest absolute Gasteiger partial charge is 0.111 e. The van der Waals surface area contributed by atoms with Gasteiger partial charge in [0.05, 0.1) is 18.3 Å². The molecule has 0 radical (unpaired) electrons. The number of aryl methyl sites for hydroxylation is 1. The van der Waals surface area contributed by atoms with Crippen LogP contribution in [0.4, 0.5) is 0 Å². The Morgan fingerprint density at radius 2 is 2.33 bits per heavy atom. The van der Waals surface area contributed by atoms with E-state index in [1.54, 1.807) is 19.5 Å². The lowest BCUT2D eigenvalue weighted by Crippen LogP contribution is -2.15. The average molecular weight is 268 g/mol. The monoisotopic (exact) mass is 267 g/mol. The van der Waals surface area contributed by atoms with Crippen molar-refractivity contribution >= 4 is 22.6 Å². The number of hydrogen-bond acceptors (Lipinski definition) is 3. The lowest BCUT2D eigenvalue weighted by Gasteiger charge is -2.14. The summed E-state index contributed by atoms with van der Waals surface area (Å²) in [5, 5.41) is 0. The second kappa shape index (κ2) is 6.16. The average Bonchev–Trinajstić information content (AvgIpc) is 2.69. The Balaban J connectivity index is 2.35. The Morgan fingerprint density at radius 3 is 3.06 bits per heavy atom. The van der Waals surface area contributed by atoms with Crippen LogP contribution in [0.5, 0.6) is 0 Å². The number of rotatable bonds is 6.